The van der Waals surface area contributed by atoms with Crippen LogP contribution < -0.4 is 10.6 Å². The molecular weight excluding hydrogens is 389 g/mol. The first-order valence-corrected chi connectivity index (χ1v) is 8.30. The third-order valence-electron chi connectivity index (χ3n) is 4.21. The van der Waals surface area contributed by atoms with E-state index in [0.29, 0.717) is 0 Å². The largest absolute Gasteiger partial charge is 0.356 e. The van der Waals surface area contributed by atoms with E-state index in [-0.39, 0.29) is 24.0 Å². The molecule has 1 fully saturated rings. The smallest absolute Gasteiger partial charge is 0.190 e. The molecule has 1 saturated carbocycles. The zero-order valence-corrected chi connectivity index (χ0v) is 16.0. The molecule has 0 amide bonds. The Kier molecular flexibility index (Phi) is 10.3. The normalized spacial score (nSPS) is 16.1. The van der Waals surface area contributed by atoms with Crippen molar-refractivity contribution in [2.24, 2.45) is 10.9 Å². The van der Waals surface area contributed by atoms with Crippen molar-refractivity contribution in [3.05, 3.63) is 18.5 Å². The van der Waals surface area contributed by atoms with E-state index in [1.54, 1.807) is 0 Å². The van der Waals surface area contributed by atoms with Gasteiger partial charge in [0.05, 0.1) is 0 Å². The molecule has 1 aromatic heterocycles. The van der Waals surface area contributed by atoms with Crippen LogP contribution in [0.3, 0.4) is 0 Å². The zero-order valence-electron chi connectivity index (χ0n) is 13.6. The summed E-state index contributed by atoms with van der Waals surface area (Å²) in [4.78, 5) is 4.28. The summed E-state index contributed by atoms with van der Waals surface area (Å²) in [7, 11) is 1.84. The Bertz CT molecular complexity index is 399. The van der Waals surface area contributed by atoms with E-state index < -0.39 is 0 Å². The summed E-state index contributed by atoms with van der Waals surface area (Å²) >= 11 is 0. The Hall–Kier alpha value is -0.790. The van der Waals surface area contributed by atoms with Gasteiger partial charge < -0.3 is 10.6 Å². The molecule has 1 aliphatic carbocycles. The fraction of sp³-hybridized carbons (Fsp3) is 0.750. The quantitative estimate of drug-likeness (QED) is 0.309. The molecule has 22 heavy (non-hydrogen) atoms. The molecular formula is C16H30IN5. The van der Waals surface area contributed by atoms with Gasteiger partial charge in [-0.1, -0.05) is 32.1 Å². The Morgan fingerprint density at radius 1 is 1.23 bits per heavy atom. The molecule has 1 heterocycles. The van der Waals surface area contributed by atoms with Crippen LogP contribution in [0.15, 0.2) is 23.5 Å². The van der Waals surface area contributed by atoms with Gasteiger partial charge in [-0.15, -0.1) is 24.0 Å². The van der Waals surface area contributed by atoms with Crippen LogP contribution in [0.1, 0.15) is 44.9 Å². The molecule has 0 bridgehead atoms. The monoisotopic (exact) mass is 419 g/mol. The van der Waals surface area contributed by atoms with Gasteiger partial charge in [-0.2, -0.15) is 5.10 Å². The lowest BCUT2D eigenvalue weighted by Gasteiger charge is -2.22. The van der Waals surface area contributed by atoms with Crippen LogP contribution in [-0.2, 0) is 6.54 Å². The van der Waals surface area contributed by atoms with Crippen molar-refractivity contribution < 1.29 is 0 Å². The molecule has 0 radical (unpaired) electrons. The number of hydrogen-bond acceptors (Lipinski definition) is 2. The van der Waals surface area contributed by atoms with Crippen LogP contribution in [0.2, 0.25) is 0 Å². The number of aliphatic imine (C=N–C) groups is 1. The molecule has 0 aliphatic heterocycles. The minimum absolute atomic E-state index is 0. The van der Waals surface area contributed by atoms with E-state index in [0.717, 1.165) is 37.9 Å². The summed E-state index contributed by atoms with van der Waals surface area (Å²) in [5, 5.41) is 11.0. The molecule has 2 N–H and O–H groups in total. The predicted octanol–water partition coefficient (Wildman–Crippen LogP) is 3.03. The minimum Gasteiger partial charge on any atom is -0.356 e. The van der Waals surface area contributed by atoms with Gasteiger partial charge in [0.2, 0.25) is 0 Å². The van der Waals surface area contributed by atoms with Crippen molar-refractivity contribution >= 4 is 29.9 Å². The van der Waals surface area contributed by atoms with Gasteiger partial charge in [0, 0.05) is 39.1 Å². The lowest BCUT2D eigenvalue weighted by atomic mass is 9.87. The molecule has 0 spiro atoms. The molecule has 0 unspecified atom stereocenters. The highest BCUT2D eigenvalue weighted by Crippen LogP contribution is 2.25. The highest BCUT2D eigenvalue weighted by Gasteiger charge is 2.12. The molecule has 0 saturated heterocycles. The highest BCUT2D eigenvalue weighted by atomic mass is 127. The fourth-order valence-electron chi connectivity index (χ4n) is 2.97. The zero-order chi connectivity index (χ0) is 14.8. The van der Waals surface area contributed by atoms with Crippen molar-refractivity contribution in [2.45, 2.75) is 51.5 Å². The summed E-state index contributed by atoms with van der Waals surface area (Å²) < 4.78 is 1.96. The molecule has 6 heteroatoms. The number of halogens is 1. The van der Waals surface area contributed by atoms with Gasteiger partial charge in [0.15, 0.2) is 5.96 Å². The van der Waals surface area contributed by atoms with Crippen molar-refractivity contribution in [1.29, 1.82) is 0 Å². The maximum atomic E-state index is 4.28. The highest BCUT2D eigenvalue weighted by molar-refractivity contribution is 14.0. The number of nitrogens with one attached hydrogen (secondary N) is 2. The second-order valence-corrected chi connectivity index (χ2v) is 5.84. The molecule has 0 atom stereocenters. The average Bonchev–Trinajstić information content (AvgIpc) is 3.04. The lowest BCUT2D eigenvalue weighted by Crippen LogP contribution is -2.39. The first kappa shape index (κ1) is 19.3. The average molecular weight is 419 g/mol. The summed E-state index contributed by atoms with van der Waals surface area (Å²) in [6.07, 6.45) is 13.2. The summed E-state index contributed by atoms with van der Waals surface area (Å²) in [5.74, 6) is 1.84. The first-order chi connectivity index (χ1) is 10.4. The van der Waals surface area contributed by atoms with Gasteiger partial charge in [-0.25, -0.2) is 0 Å². The van der Waals surface area contributed by atoms with Crippen LogP contribution in [0, 0.1) is 5.92 Å². The maximum Gasteiger partial charge on any atom is 0.190 e. The first-order valence-electron chi connectivity index (χ1n) is 8.30. The number of guanidine groups is 1. The molecule has 5 nitrogen and oxygen atoms in total. The van der Waals surface area contributed by atoms with E-state index in [4.69, 9.17) is 0 Å². The number of hydrogen-bond donors (Lipinski definition) is 2. The molecule has 1 aliphatic rings. The van der Waals surface area contributed by atoms with Crippen LogP contribution in [0.25, 0.3) is 0 Å². The second kappa shape index (κ2) is 11.7. The summed E-state index contributed by atoms with van der Waals surface area (Å²) in [6, 6.07) is 1.96. The van der Waals surface area contributed by atoms with E-state index in [1.165, 1.54) is 38.5 Å². The van der Waals surface area contributed by atoms with Crippen LogP contribution in [0.4, 0.5) is 0 Å². The SMILES string of the molecule is CN=C(NCCCn1cccn1)NCCC1CCCCC1.I. The van der Waals surface area contributed by atoms with Crippen LogP contribution >= 0.6 is 24.0 Å². The molecule has 126 valence electrons. The third kappa shape index (κ3) is 7.47. The van der Waals surface area contributed by atoms with E-state index in [1.807, 2.05) is 30.2 Å². The Balaban J connectivity index is 0.00000242. The number of nitrogens with zero attached hydrogens (tertiary/aromatic N) is 3. The standard InChI is InChI=1S/C16H29N5.HI/c1-17-16(18-10-5-13-21-14-6-11-20-21)19-12-9-15-7-3-2-4-8-15;/h6,11,14-15H,2-5,7-10,12-13H2,1H3,(H2,17,18,19);1H. The molecule has 2 rings (SSSR count). The van der Waals surface area contributed by atoms with Crippen molar-refractivity contribution in [2.75, 3.05) is 20.1 Å². The van der Waals surface area contributed by atoms with Crippen LogP contribution in [0.5, 0.6) is 0 Å². The number of aryl methyl sites for hydroxylation is 1. The van der Waals surface area contributed by atoms with Crippen molar-refractivity contribution in [1.82, 2.24) is 20.4 Å². The molecule has 1 aromatic rings. The topological polar surface area (TPSA) is 54.2 Å². The predicted molar refractivity (Wildman–Crippen MR) is 103 cm³/mol. The Labute approximate surface area is 151 Å². The van der Waals surface area contributed by atoms with Gasteiger partial charge in [0.25, 0.3) is 0 Å². The molecule has 0 aromatic carbocycles. The Morgan fingerprint density at radius 2 is 2.00 bits per heavy atom. The van der Waals surface area contributed by atoms with Crippen molar-refractivity contribution in [3.8, 4) is 0 Å². The van der Waals surface area contributed by atoms with Gasteiger partial charge in [-0.3, -0.25) is 9.67 Å². The van der Waals surface area contributed by atoms with Gasteiger partial charge in [-0.05, 0) is 24.8 Å². The van der Waals surface area contributed by atoms with E-state index in [2.05, 4.69) is 20.7 Å². The lowest BCUT2D eigenvalue weighted by molar-refractivity contribution is 0.339. The number of aromatic nitrogens is 2. The van der Waals surface area contributed by atoms with Gasteiger partial charge in [0.1, 0.15) is 0 Å². The Morgan fingerprint density at radius 3 is 2.68 bits per heavy atom. The van der Waals surface area contributed by atoms with Crippen molar-refractivity contribution in [3.63, 3.8) is 0 Å². The second-order valence-electron chi connectivity index (χ2n) is 5.84. The minimum atomic E-state index is 0. The van der Waals surface area contributed by atoms with Crippen LogP contribution in [-0.4, -0.2) is 35.9 Å². The van der Waals surface area contributed by atoms with E-state index in [9.17, 15) is 0 Å². The summed E-state index contributed by atoms with van der Waals surface area (Å²) in [5.41, 5.74) is 0. The van der Waals surface area contributed by atoms with Gasteiger partial charge >= 0.3 is 0 Å². The maximum absolute atomic E-state index is 4.28. The summed E-state index contributed by atoms with van der Waals surface area (Å²) in [6.45, 7) is 2.89. The third-order valence-corrected chi connectivity index (χ3v) is 4.21. The van der Waals surface area contributed by atoms with E-state index >= 15 is 0 Å². The fourth-order valence-corrected chi connectivity index (χ4v) is 2.97. The number of rotatable bonds is 7.